The number of hydrogen-bond acceptors (Lipinski definition) is 6. The van der Waals surface area contributed by atoms with E-state index in [2.05, 4.69) is 14.4 Å². The second kappa shape index (κ2) is 6.57. The lowest BCUT2D eigenvalue weighted by molar-refractivity contribution is -0.112. The Kier molecular flexibility index (Phi) is 4.59. The molecule has 0 unspecified atom stereocenters. The third-order valence-corrected chi connectivity index (χ3v) is 5.28. The summed E-state index contributed by atoms with van der Waals surface area (Å²) in [5, 5.41) is 2.67. The van der Waals surface area contributed by atoms with Crippen molar-refractivity contribution in [3.05, 3.63) is 48.2 Å². The van der Waals surface area contributed by atoms with E-state index in [0.29, 0.717) is 16.9 Å². The molecular weight excluding hydrogens is 380 g/mol. The van der Waals surface area contributed by atoms with Crippen molar-refractivity contribution < 1.29 is 21.6 Å². The molecule has 0 aromatic heterocycles. The highest BCUT2D eigenvalue weighted by Crippen LogP contribution is 2.19. The summed E-state index contributed by atoms with van der Waals surface area (Å²) in [6, 6.07) is 6.28. The topological polar surface area (TPSA) is 125 Å². The molecule has 2 heterocycles. The van der Waals surface area contributed by atoms with E-state index in [1.54, 1.807) is 23.1 Å². The largest absolute Gasteiger partial charge is 0.330 e. The molecule has 3 rings (SSSR count). The van der Waals surface area contributed by atoms with Crippen LogP contribution >= 0.6 is 0 Å². The van der Waals surface area contributed by atoms with Crippen LogP contribution in [0, 0.1) is 0 Å². The number of sulfonamides is 2. The summed E-state index contributed by atoms with van der Waals surface area (Å²) in [6.45, 7) is 0.218. The molecular formula is C15H16N4O5S2. The molecule has 2 aliphatic rings. The van der Waals surface area contributed by atoms with E-state index in [1.807, 2.05) is 0 Å². The minimum Gasteiger partial charge on any atom is -0.330 e. The summed E-state index contributed by atoms with van der Waals surface area (Å²) >= 11 is 0. The number of amidine groups is 1. The summed E-state index contributed by atoms with van der Waals surface area (Å²) in [5.41, 5.74) is 1.07. The van der Waals surface area contributed by atoms with Crippen LogP contribution in [-0.2, 0) is 24.8 Å². The minimum absolute atomic E-state index is 0.116. The van der Waals surface area contributed by atoms with Crippen molar-refractivity contribution >= 4 is 43.2 Å². The first kappa shape index (κ1) is 18.1. The van der Waals surface area contributed by atoms with E-state index >= 15 is 0 Å². The van der Waals surface area contributed by atoms with Crippen molar-refractivity contribution in [3.63, 3.8) is 0 Å². The van der Waals surface area contributed by atoms with Crippen LogP contribution in [0.25, 0.3) is 0 Å². The summed E-state index contributed by atoms with van der Waals surface area (Å²) in [5.74, 6) is -0.257. The monoisotopic (exact) mass is 396 g/mol. The number of carbonyl (C=O) groups is 1. The van der Waals surface area contributed by atoms with E-state index in [1.165, 1.54) is 24.4 Å². The molecule has 1 aromatic rings. The van der Waals surface area contributed by atoms with Gasteiger partial charge in [-0.3, -0.25) is 9.52 Å². The van der Waals surface area contributed by atoms with E-state index < -0.39 is 26.0 Å². The fourth-order valence-electron chi connectivity index (χ4n) is 2.41. The number of benzene rings is 1. The van der Waals surface area contributed by atoms with Crippen molar-refractivity contribution in [2.75, 3.05) is 28.6 Å². The Morgan fingerprint density at radius 2 is 1.96 bits per heavy atom. The molecule has 0 radical (unpaired) electrons. The summed E-state index contributed by atoms with van der Waals surface area (Å²) in [7, 11) is -6.87. The van der Waals surface area contributed by atoms with Gasteiger partial charge in [0.15, 0.2) is 0 Å². The average Bonchev–Trinajstić information content (AvgIpc) is 2.52. The van der Waals surface area contributed by atoms with E-state index in [4.69, 9.17) is 0 Å². The van der Waals surface area contributed by atoms with Gasteiger partial charge in [-0.15, -0.1) is 4.40 Å². The maximum atomic E-state index is 12.4. The van der Waals surface area contributed by atoms with Gasteiger partial charge in [0, 0.05) is 18.4 Å². The van der Waals surface area contributed by atoms with Crippen molar-refractivity contribution in [3.8, 4) is 0 Å². The highest BCUT2D eigenvalue weighted by molar-refractivity contribution is 7.92. The van der Waals surface area contributed by atoms with Gasteiger partial charge in [0.05, 0.1) is 23.3 Å². The number of hydrogen-bond donors (Lipinski definition) is 2. The first-order valence-corrected chi connectivity index (χ1v) is 11.0. The summed E-state index contributed by atoms with van der Waals surface area (Å²) in [4.78, 5) is 14.0. The molecule has 1 aromatic carbocycles. The molecule has 9 nitrogen and oxygen atoms in total. The highest BCUT2D eigenvalue weighted by atomic mass is 32.2. The number of fused-ring (bicyclic) bond motifs is 1. The average molecular weight is 396 g/mol. The van der Waals surface area contributed by atoms with Gasteiger partial charge in [-0.25, -0.2) is 16.8 Å². The second-order valence-electron chi connectivity index (χ2n) is 5.76. The molecule has 0 aliphatic carbocycles. The number of anilines is 2. The van der Waals surface area contributed by atoms with Gasteiger partial charge in [-0.2, -0.15) is 0 Å². The lowest BCUT2D eigenvalue weighted by Crippen LogP contribution is -2.37. The van der Waals surface area contributed by atoms with Crippen LogP contribution in [0.1, 0.15) is 0 Å². The van der Waals surface area contributed by atoms with Gasteiger partial charge < -0.3 is 10.2 Å². The smallest absolute Gasteiger partial charge is 0.257 e. The first-order chi connectivity index (χ1) is 12.1. The van der Waals surface area contributed by atoms with Crippen LogP contribution in [0.2, 0.25) is 0 Å². The van der Waals surface area contributed by atoms with Crippen LogP contribution in [0.3, 0.4) is 0 Å². The van der Waals surface area contributed by atoms with E-state index in [0.717, 1.165) is 6.26 Å². The lowest BCUT2D eigenvalue weighted by atomic mass is 10.1. The molecule has 1 amide bonds. The molecule has 0 saturated carbocycles. The number of nitrogens with one attached hydrogen (secondary N) is 2. The predicted molar refractivity (Wildman–Crippen MR) is 98.7 cm³/mol. The second-order valence-corrected chi connectivity index (χ2v) is 9.26. The zero-order chi connectivity index (χ0) is 18.9. The fourth-order valence-corrected chi connectivity index (χ4v) is 3.94. The maximum absolute atomic E-state index is 12.4. The van der Waals surface area contributed by atoms with Crippen molar-refractivity contribution in [1.82, 2.24) is 4.90 Å². The van der Waals surface area contributed by atoms with Gasteiger partial charge in [0.2, 0.25) is 10.0 Å². The fraction of sp³-hybridized carbons (Fsp3) is 0.200. The Morgan fingerprint density at radius 1 is 1.23 bits per heavy atom. The Labute approximate surface area is 151 Å². The van der Waals surface area contributed by atoms with Crippen LogP contribution in [0.4, 0.5) is 11.4 Å². The Hall–Kier alpha value is -2.66. The third-order valence-electron chi connectivity index (χ3n) is 3.51. The van der Waals surface area contributed by atoms with Gasteiger partial charge in [0.25, 0.3) is 15.9 Å². The molecule has 26 heavy (non-hydrogen) atoms. The predicted octanol–water partition coefficient (Wildman–Crippen LogP) is 0.494. The van der Waals surface area contributed by atoms with Crippen LogP contribution in [0.5, 0.6) is 0 Å². The molecule has 0 atom stereocenters. The Bertz CT molecular complexity index is 1060. The third kappa shape index (κ3) is 4.49. The zero-order valence-corrected chi connectivity index (χ0v) is 15.3. The SMILES string of the molecule is CS(=O)(=O)Nc1cccc(NC(=O)C2=CN3CCS(=O)(=O)N=C3C=C2)c1. The molecule has 2 N–H and O–H groups in total. The molecule has 138 valence electrons. The normalized spacial score (nSPS) is 18.4. The minimum atomic E-state index is -3.45. The Morgan fingerprint density at radius 3 is 2.69 bits per heavy atom. The molecule has 0 fully saturated rings. The number of amides is 1. The van der Waals surface area contributed by atoms with Crippen LogP contribution < -0.4 is 10.0 Å². The van der Waals surface area contributed by atoms with Crippen molar-refractivity contribution in [2.24, 2.45) is 4.40 Å². The van der Waals surface area contributed by atoms with Crippen LogP contribution in [-0.4, -0.2) is 52.0 Å². The summed E-state index contributed by atoms with van der Waals surface area (Å²) < 4.78 is 51.5. The van der Waals surface area contributed by atoms with E-state index in [-0.39, 0.29) is 18.1 Å². The van der Waals surface area contributed by atoms with Crippen molar-refractivity contribution in [1.29, 1.82) is 0 Å². The molecule has 0 saturated heterocycles. The number of rotatable bonds is 4. The zero-order valence-electron chi connectivity index (χ0n) is 13.7. The molecule has 0 spiro atoms. The highest BCUT2D eigenvalue weighted by Gasteiger charge is 2.25. The standard InChI is InChI=1S/C15H16N4O5S2/c1-25(21,22)17-13-4-2-3-12(9-13)16-15(20)11-5-6-14-18-26(23,24)8-7-19(14)10-11/h2-6,9-10,17H,7-8H2,1H3,(H,16,20). The number of carbonyl (C=O) groups excluding carboxylic acids is 1. The quantitative estimate of drug-likeness (QED) is 0.763. The van der Waals surface area contributed by atoms with Crippen LogP contribution in [0.15, 0.2) is 52.6 Å². The van der Waals surface area contributed by atoms with Crippen molar-refractivity contribution in [2.45, 2.75) is 0 Å². The van der Waals surface area contributed by atoms with E-state index in [9.17, 15) is 21.6 Å². The lowest BCUT2D eigenvalue weighted by Gasteiger charge is -2.26. The molecule has 0 bridgehead atoms. The van der Waals surface area contributed by atoms with Gasteiger partial charge in [-0.05, 0) is 30.4 Å². The van der Waals surface area contributed by atoms with Gasteiger partial charge in [0.1, 0.15) is 5.84 Å². The molecule has 11 heteroatoms. The maximum Gasteiger partial charge on any atom is 0.257 e. The van der Waals surface area contributed by atoms with Gasteiger partial charge >= 0.3 is 0 Å². The first-order valence-electron chi connectivity index (χ1n) is 7.50. The molecule has 2 aliphatic heterocycles. The van der Waals surface area contributed by atoms with Gasteiger partial charge in [-0.1, -0.05) is 6.07 Å². The summed E-state index contributed by atoms with van der Waals surface area (Å²) in [6.07, 6.45) is 5.51. The number of nitrogens with zero attached hydrogens (tertiary/aromatic N) is 2. The Balaban J connectivity index is 1.75.